The lowest BCUT2D eigenvalue weighted by Crippen LogP contribution is -2.27. The van der Waals surface area contributed by atoms with E-state index < -0.39 is 16.2 Å². The number of likely N-dealkylation sites (N-methyl/N-ethyl adjacent to an activating group) is 1. The summed E-state index contributed by atoms with van der Waals surface area (Å²) in [4.78, 5) is 14.5. The van der Waals surface area contributed by atoms with E-state index in [4.69, 9.17) is 0 Å². The molecule has 2 aromatic rings. The highest BCUT2D eigenvalue weighted by atomic mass is 32.2. The summed E-state index contributed by atoms with van der Waals surface area (Å²) in [5.41, 5.74) is 2.33. The van der Waals surface area contributed by atoms with Crippen LogP contribution in [0.15, 0.2) is 30.3 Å². The molecule has 1 atom stereocenters. The van der Waals surface area contributed by atoms with Crippen molar-refractivity contribution in [3.63, 3.8) is 0 Å². The van der Waals surface area contributed by atoms with Crippen molar-refractivity contribution in [1.82, 2.24) is 9.47 Å². The average molecular weight is 459 g/mol. The Morgan fingerprint density at radius 2 is 1.94 bits per heavy atom. The van der Waals surface area contributed by atoms with Crippen LogP contribution in [0.3, 0.4) is 0 Å². The number of hydrogen-bond acceptors (Lipinski definition) is 5. The standard InChI is InChI=1S/C21H25F3N2O4S/c1-14-10-18(15(2)26(14)17-8-9-31(28,29)13-17)19(27)12-25(3)11-16-6-4-5-7-20(16)30-21(22,23)24/h4-7,10,17H,8-9,11-13H2,1-3H3. The molecule has 1 unspecified atom stereocenters. The van der Waals surface area contributed by atoms with E-state index in [9.17, 15) is 26.4 Å². The van der Waals surface area contributed by atoms with Gasteiger partial charge in [-0.25, -0.2) is 8.42 Å². The van der Waals surface area contributed by atoms with E-state index in [2.05, 4.69) is 4.74 Å². The molecule has 0 saturated carbocycles. The molecular formula is C21H25F3N2O4S. The van der Waals surface area contributed by atoms with Gasteiger partial charge < -0.3 is 9.30 Å². The van der Waals surface area contributed by atoms with Gasteiger partial charge in [0.15, 0.2) is 15.6 Å². The van der Waals surface area contributed by atoms with E-state index in [1.54, 1.807) is 31.0 Å². The predicted molar refractivity (Wildman–Crippen MR) is 110 cm³/mol. The highest BCUT2D eigenvalue weighted by Crippen LogP contribution is 2.30. The van der Waals surface area contributed by atoms with Gasteiger partial charge in [0.05, 0.1) is 18.1 Å². The molecule has 31 heavy (non-hydrogen) atoms. The molecule has 0 aliphatic carbocycles. The molecule has 0 radical (unpaired) electrons. The summed E-state index contributed by atoms with van der Waals surface area (Å²) < 4.78 is 67.5. The smallest absolute Gasteiger partial charge is 0.405 e. The van der Waals surface area contributed by atoms with Gasteiger partial charge in [0.2, 0.25) is 0 Å². The summed E-state index contributed by atoms with van der Waals surface area (Å²) in [6.07, 6.45) is -4.28. The van der Waals surface area contributed by atoms with Gasteiger partial charge in [0.1, 0.15) is 5.75 Å². The topological polar surface area (TPSA) is 68.6 Å². The molecule has 10 heteroatoms. The van der Waals surface area contributed by atoms with Gasteiger partial charge in [-0.15, -0.1) is 13.2 Å². The fourth-order valence-corrected chi connectivity index (χ4v) is 5.84. The van der Waals surface area contributed by atoms with Gasteiger partial charge in [-0.2, -0.15) is 0 Å². The van der Waals surface area contributed by atoms with Crippen LogP contribution in [0.4, 0.5) is 13.2 Å². The number of ketones is 1. The number of carbonyl (C=O) groups excluding carboxylic acids is 1. The molecule has 1 aliphatic rings. The lowest BCUT2D eigenvalue weighted by atomic mass is 10.1. The highest BCUT2D eigenvalue weighted by Gasteiger charge is 2.33. The molecule has 0 spiro atoms. The zero-order valence-corrected chi connectivity index (χ0v) is 18.4. The van der Waals surface area contributed by atoms with Crippen LogP contribution in [0, 0.1) is 13.8 Å². The Bertz CT molecular complexity index is 1080. The maximum absolute atomic E-state index is 12.9. The van der Waals surface area contributed by atoms with E-state index in [0.717, 1.165) is 5.69 Å². The summed E-state index contributed by atoms with van der Waals surface area (Å²) in [5, 5.41) is 0. The molecule has 1 fully saturated rings. The van der Waals surface area contributed by atoms with E-state index >= 15 is 0 Å². The predicted octanol–water partition coefficient (Wildman–Crippen LogP) is 3.68. The van der Waals surface area contributed by atoms with E-state index in [1.807, 2.05) is 11.5 Å². The van der Waals surface area contributed by atoms with Crippen molar-refractivity contribution in [2.24, 2.45) is 0 Å². The number of alkyl halides is 3. The van der Waals surface area contributed by atoms with Crippen molar-refractivity contribution >= 4 is 15.6 Å². The zero-order chi connectivity index (χ0) is 23.0. The molecule has 1 aromatic carbocycles. The number of Topliss-reactive ketones (excluding diaryl/α,β-unsaturated/α-hetero) is 1. The van der Waals surface area contributed by atoms with Gasteiger partial charge in [0.25, 0.3) is 0 Å². The number of nitrogens with zero attached hydrogens (tertiary/aromatic N) is 2. The van der Waals surface area contributed by atoms with Gasteiger partial charge >= 0.3 is 6.36 Å². The van der Waals surface area contributed by atoms with Crippen LogP contribution >= 0.6 is 0 Å². The summed E-state index contributed by atoms with van der Waals surface area (Å²) in [7, 11) is -1.42. The second-order valence-corrected chi connectivity index (χ2v) is 10.2. The summed E-state index contributed by atoms with van der Waals surface area (Å²) in [6, 6.07) is 7.38. The molecule has 0 N–H and O–H groups in total. The van der Waals surface area contributed by atoms with Crippen molar-refractivity contribution in [1.29, 1.82) is 0 Å². The summed E-state index contributed by atoms with van der Waals surface area (Å²) in [6.45, 7) is 3.71. The van der Waals surface area contributed by atoms with Gasteiger partial charge in [-0.1, -0.05) is 18.2 Å². The van der Waals surface area contributed by atoms with Crippen molar-refractivity contribution in [3.05, 3.63) is 52.8 Å². The Labute approximate surface area is 179 Å². The number of hydrogen-bond donors (Lipinski definition) is 0. The minimum absolute atomic E-state index is 0.00634. The lowest BCUT2D eigenvalue weighted by Gasteiger charge is -2.19. The van der Waals surface area contributed by atoms with Crippen molar-refractivity contribution in [2.75, 3.05) is 25.1 Å². The van der Waals surface area contributed by atoms with Crippen molar-refractivity contribution in [3.8, 4) is 5.75 Å². The number of para-hydroxylation sites is 1. The monoisotopic (exact) mass is 458 g/mol. The van der Waals surface area contributed by atoms with Crippen molar-refractivity contribution < 1.29 is 31.1 Å². The summed E-state index contributed by atoms with van der Waals surface area (Å²) in [5.74, 6) is -0.278. The second-order valence-electron chi connectivity index (χ2n) is 7.96. The molecule has 170 valence electrons. The minimum Gasteiger partial charge on any atom is -0.405 e. The van der Waals surface area contributed by atoms with Gasteiger partial charge in [-0.3, -0.25) is 9.69 Å². The molecule has 0 amide bonds. The Kier molecular flexibility index (Phi) is 6.52. The van der Waals surface area contributed by atoms with Gasteiger partial charge in [0, 0.05) is 35.1 Å². The molecule has 1 aliphatic heterocycles. The fraction of sp³-hybridized carbons (Fsp3) is 0.476. The Hall–Kier alpha value is -2.33. The number of benzene rings is 1. The number of carbonyl (C=O) groups is 1. The number of sulfone groups is 1. The first-order chi connectivity index (χ1) is 14.4. The molecule has 3 rings (SSSR count). The minimum atomic E-state index is -4.80. The maximum Gasteiger partial charge on any atom is 0.573 e. The first-order valence-corrected chi connectivity index (χ1v) is 11.6. The van der Waals surface area contributed by atoms with Crippen LogP contribution in [0.5, 0.6) is 5.75 Å². The number of halogens is 3. The quantitative estimate of drug-likeness (QED) is 0.592. The Morgan fingerprint density at radius 3 is 2.55 bits per heavy atom. The summed E-state index contributed by atoms with van der Waals surface area (Å²) >= 11 is 0. The lowest BCUT2D eigenvalue weighted by molar-refractivity contribution is -0.275. The number of aryl methyl sites for hydroxylation is 1. The largest absolute Gasteiger partial charge is 0.573 e. The van der Waals surface area contributed by atoms with Crippen molar-refractivity contribution in [2.45, 2.75) is 39.2 Å². The van der Waals surface area contributed by atoms with Gasteiger partial charge in [-0.05, 0) is 39.4 Å². The fourth-order valence-electron chi connectivity index (χ4n) is 4.14. The normalized spacial score (nSPS) is 18.5. The van der Waals surface area contributed by atoms with E-state index in [0.29, 0.717) is 23.2 Å². The molecule has 6 nitrogen and oxygen atoms in total. The molecule has 1 aromatic heterocycles. The third-order valence-electron chi connectivity index (χ3n) is 5.41. The van der Waals surface area contributed by atoms with Crippen LogP contribution in [0.2, 0.25) is 0 Å². The first kappa shape index (κ1) is 23.3. The SMILES string of the molecule is Cc1cc(C(=O)CN(C)Cc2ccccc2OC(F)(F)F)c(C)n1C1CCS(=O)(=O)C1. The van der Waals surface area contributed by atoms with Crippen LogP contribution in [0.1, 0.15) is 39.8 Å². The Morgan fingerprint density at radius 1 is 1.26 bits per heavy atom. The number of aromatic nitrogens is 1. The van der Waals surface area contributed by atoms with Crippen LogP contribution < -0.4 is 4.74 Å². The van der Waals surface area contributed by atoms with Crippen LogP contribution in [-0.4, -0.2) is 55.1 Å². The number of ether oxygens (including phenoxy) is 1. The maximum atomic E-state index is 12.9. The van der Waals surface area contributed by atoms with E-state index in [-0.39, 0.29) is 42.2 Å². The van der Waals surface area contributed by atoms with E-state index in [1.165, 1.54) is 18.2 Å². The van der Waals surface area contributed by atoms with Crippen LogP contribution in [-0.2, 0) is 16.4 Å². The first-order valence-electron chi connectivity index (χ1n) is 9.80. The number of rotatable bonds is 7. The zero-order valence-electron chi connectivity index (χ0n) is 17.6. The molecule has 1 saturated heterocycles. The van der Waals surface area contributed by atoms with Crippen LogP contribution in [0.25, 0.3) is 0 Å². The second kappa shape index (κ2) is 8.66. The third kappa shape index (κ3) is 5.68. The molecule has 0 bridgehead atoms. The molecular weight excluding hydrogens is 433 g/mol. The average Bonchev–Trinajstić information content (AvgIpc) is 3.13. The Balaban J connectivity index is 1.72. The highest BCUT2D eigenvalue weighted by molar-refractivity contribution is 7.91. The third-order valence-corrected chi connectivity index (χ3v) is 7.16. The molecule has 2 heterocycles.